The SMILES string of the molecule is CCOc1ccc(CC2=C(Cl)CC(=O)C(C3OC(COC(C)=O)C(OCc4ccccc4)C(OCc4ccccc4)C3OCc3ccccc3)C2)cc1. The number of ketones is 1. The standard InChI is InChI=1S/C44H47ClO8/c1-3-48-36-21-19-31(20-22-36)23-35-24-37(39(47)25-38(35)45)41-43(51-27-33-15-9-5-10-16-33)44(52-28-34-17-11-6-12-18-34)42(40(53-41)29-49-30(2)46)50-26-32-13-7-4-8-14-32/h4-22,37,40-44H,3,23-29H2,1-2H3. The van der Waals surface area contributed by atoms with Gasteiger partial charge in [0.05, 0.1) is 38.4 Å². The Hall–Kier alpha value is -4.31. The van der Waals surface area contributed by atoms with Crippen LogP contribution in [0.3, 0.4) is 0 Å². The van der Waals surface area contributed by atoms with Gasteiger partial charge in [-0.05, 0) is 54.2 Å². The van der Waals surface area contributed by atoms with Crippen LogP contribution in [0.25, 0.3) is 0 Å². The van der Waals surface area contributed by atoms with Crippen LogP contribution < -0.4 is 4.74 Å². The molecule has 9 heteroatoms. The zero-order chi connectivity index (χ0) is 37.0. The van der Waals surface area contributed by atoms with E-state index in [2.05, 4.69) is 0 Å². The third kappa shape index (κ3) is 10.6. The fraction of sp³-hybridized carbons (Fsp3) is 0.364. The van der Waals surface area contributed by atoms with Crippen molar-refractivity contribution in [1.29, 1.82) is 0 Å². The van der Waals surface area contributed by atoms with E-state index in [0.717, 1.165) is 33.6 Å². The van der Waals surface area contributed by atoms with Crippen molar-refractivity contribution in [2.24, 2.45) is 5.92 Å². The fourth-order valence-electron chi connectivity index (χ4n) is 6.96. The summed E-state index contributed by atoms with van der Waals surface area (Å²) < 4.78 is 38.4. The van der Waals surface area contributed by atoms with Crippen molar-refractivity contribution >= 4 is 23.4 Å². The number of hydrogen-bond donors (Lipinski definition) is 0. The van der Waals surface area contributed by atoms with E-state index in [-0.39, 0.29) is 38.6 Å². The molecule has 0 spiro atoms. The van der Waals surface area contributed by atoms with Gasteiger partial charge in [-0.2, -0.15) is 0 Å². The second-order valence-electron chi connectivity index (χ2n) is 13.4. The van der Waals surface area contributed by atoms with Crippen molar-refractivity contribution in [2.45, 2.75) is 83.5 Å². The molecule has 0 aromatic heterocycles. The smallest absolute Gasteiger partial charge is 0.302 e. The van der Waals surface area contributed by atoms with Crippen molar-refractivity contribution < 1.29 is 38.0 Å². The maximum Gasteiger partial charge on any atom is 0.302 e. The summed E-state index contributed by atoms with van der Waals surface area (Å²) in [7, 11) is 0. The van der Waals surface area contributed by atoms with Gasteiger partial charge >= 0.3 is 5.97 Å². The maximum atomic E-state index is 14.1. The van der Waals surface area contributed by atoms with Gasteiger partial charge in [0, 0.05) is 18.4 Å². The highest BCUT2D eigenvalue weighted by atomic mass is 35.5. The monoisotopic (exact) mass is 738 g/mol. The molecule has 0 radical (unpaired) electrons. The molecule has 4 aromatic rings. The molecule has 1 fully saturated rings. The summed E-state index contributed by atoms with van der Waals surface area (Å²) in [5.41, 5.74) is 4.92. The normalized spacial score (nSPS) is 23.1. The molecule has 1 aliphatic heterocycles. The molecule has 6 rings (SSSR count). The van der Waals surface area contributed by atoms with Crippen molar-refractivity contribution in [2.75, 3.05) is 13.2 Å². The van der Waals surface area contributed by atoms with E-state index in [1.165, 1.54) is 6.92 Å². The third-order valence-corrected chi connectivity index (χ3v) is 10.0. The highest BCUT2D eigenvalue weighted by Gasteiger charge is 2.53. The quantitative estimate of drug-likeness (QED) is 0.106. The minimum atomic E-state index is -0.760. The number of halogens is 1. The number of Topliss-reactive ketones (excluding diaryl/α,β-unsaturated/α-hetero) is 1. The molecular weight excluding hydrogens is 692 g/mol. The lowest BCUT2D eigenvalue weighted by atomic mass is 9.77. The molecule has 8 nitrogen and oxygen atoms in total. The van der Waals surface area contributed by atoms with Crippen LogP contribution in [0.1, 0.15) is 48.9 Å². The van der Waals surface area contributed by atoms with E-state index < -0.39 is 42.4 Å². The topological polar surface area (TPSA) is 89.5 Å². The van der Waals surface area contributed by atoms with Crippen molar-refractivity contribution in [3.8, 4) is 5.75 Å². The Labute approximate surface area is 317 Å². The minimum Gasteiger partial charge on any atom is -0.494 e. The Morgan fingerprint density at radius 3 is 1.77 bits per heavy atom. The van der Waals surface area contributed by atoms with Gasteiger partial charge in [-0.15, -0.1) is 0 Å². The van der Waals surface area contributed by atoms with Crippen LogP contribution in [-0.4, -0.2) is 55.5 Å². The summed E-state index contributed by atoms with van der Waals surface area (Å²) in [4.78, 5) is 26.2. The molecule has 53 heavy (non-hydrogen) atoms. The molecular formula is C44H47ClO8. The highest BCUT2D eigenvalue weighted by Crippen LogP contribution is 2.40. The molecule has 0 amide bonds. The Morgan fingerprint density at radius 2 is 1.25 bits per heavy atom. The molecule has 1 saturated heterocycles. The Bertz CT molecular complexity index is 1780. The van der Waals surface area contributed by atoms with E-state index in [1.54, 1.807) is 0 Å². The number of rotatable bonds is 16. The molecule has 4 aromatic carbocycles. The molecule has 1 aliphatic carbocycles. The predicted octanol–water partition coefficient (Wildman–Crippen LogP) is 8.19. The van der Waals surface area contributed by atoms with Crippen molar-refractivity contribution in [1.82, 2.24) is 0 Å². The van der Waals surface area contributed by atoms with Crippen LogP contribution in [0.15, 0.2) is 126 Å². The molecule has 1 heterocycles. The summed E-state index contributed by atoms with van der Waals surface area (Å²) in [6.45, 7) is 4.60. The number of allylic oxidation sites excluding steroid dienone is 2. The van der Waals surface area contributed by atoms with Gasteiger partial charge in [0.25, 0.3) is 0 Å². The van der Waals surface area contributed by atoms with Gasteiger partial charge in [-0.1, -0.05) is 120 Å². The number of carbonyl (C=O) groups is 2. The van der Waals surface area contributed by atoms with Gasteiger partial charge in [0.15, 0.2) is 0 Å². The average Bonchev–Trinajstić information content (AvgIpc) is 3.18. The van der Waals surface area contributed by atoms with Crippen LogP contribution in [0.5, 0.6) is 5.75 Å². The summed E-state index contributed by atoms with van der Waals surface area (Å²) in [5.74, 6) is -0.294. The molecule has 2 aliphatic rings. The van der Waals surface area contributed by atoms with Gasteiger partial charge in [0.2, 0.25) is 0 Å². The van der Waals surface area contributed by atoms with Crippen LogP contribution in [0.4, 0.5) is 0 Å². The average molecular weight is 739 g/mol. The molecule has 0 bridgehead atoms. The first-order valence-electron chi connectivity index (χ1n) is 18.2. The molecule has 0 N–H and O–H groups in total. The summed E-state index contributed by atoms with van der Waals surface area (Å²) in [5, 5.41) is 0.551. The number of carbonyl (C=O) groups excluding carboxylic acids is 2. The first-order chi connectivity index (χ1) is 25.9. The van der Waals surface area contributed by atoms with Crippen LogP contribution >= 0.6 is 11.6 Å². The highest BCUT2D eigenvalue weighted by molar-refractivity contribution is 6.31. The first-order valence-corrected chi connectivity index (χ1v) is 18.6. The minimum absolute atomic E-state index is 0.0412. The molecule has 278 valence electrons. The second kappa shape index (κ2) is 19.1. The van der Waals surface area contributed by atoms with Gasteiger partial charge < -0.3 is 28.4 Å². The third-order valence-electron chi connectivity index (χ3n) is 9.62. The van der Waals surface area contributed by atoms with E-state index in [0.29, 0.717) is 24.5 Å². The lowest BCUT2D eigenvalue weighted by Gasteiger charge is -2.48. The number of hydrogen-bond acceptors (Lipinski definition) is 8. The van der Waals surface area contributed by atoms with Crippen molar-refractivity contribution in [3.05, 3.63) is 148 Å². The summed E-state index contributed by atoms with van der Waals surface area (Å²) in [6.07, 6.45) is -2.62. The fourth-order valence-corrected chi connectivity index (χ4v) is 7.24. The van der Waals surface area contributed by atoms with Crippen LogP contribution in [0.2, 0.25) is 0 Å². The van der Waals surface area contributed by atoms with Crippen molar-refractivity contribution in [3.63, 3.8) is 0 Å². The van der Waals surface area contributed by atoms with Crippen LogP contribution in [-0.2, 0) is 59.5 Å². The van der Waals surface area contributed by atoms with E-state index in [9.17, 15) is 9.59 Å². The second-order valence-corrected chi connectivity index (χ2v) is 13.9. The zero-order valence-electron chi connectivity index (χ0n) is 30.2. The molecule has 0 saturated carbocycles. The van der Waals surface area contributed by atoms with E-state index in [4.69, 9.17) is 40.0 Å². The molecule has 6 atom stereocenters. The Balaban J connectivity index is 1.35. The first kappa shape index (κ1) is 38.4. The van der Waals surface area contributed by atoms with Gasteiger partial charge in [-0.25, -0.2) is 0 Å². The number of ether oxygens (including phenoxy) is 6. The predicted molar refractivity (Wildman–Crippen MR) is 202 cm³/mol. The van der Waals surface area contributed by atoms with Gasteiger partial charge in [-0.3, -0.25) is 9.59 Å². The summed E-state index contributed by atoms with van der Waals surface area (Å²) >= 11 is 6.83. The molecule has 6 unspecified atom stereocenters. The van der Waals surface area contributed by atoms with E-state index >= 15 is 0 Å². The maximum absolute atomic E-state index is 14.1. The Morgan fingerprint density at radius 1 is 0.717 bits per heavy atom. The summed E-state index contributed by atoms with van der Waals surface area (Å²) in [6, 6.07) is 37.5. The largest absolute Gasteiger partial charge is 0.494 e. The Kier molecular flexibility index (Phi) is 13.9. The number of benzene rings is 4. The lowest BCUT2D eigenvalue weighted by Crippen LogP contribution is -2.63. The van der Waals surface area contributed by atoms with Gasteiger partial charge in [0.1, 0.15) is 42.6 Å². The lowest BCUT2D eigenvalue weighted by molar-refractivity contribution is -0.278. The zero-order valence-corrected chi connectivity index (χ0v) is 31.0. The van der Waals surface area contributed by atoms with Crippen LogP contribution in [0, 0.1) is 5.92 Å². The number of esters is 1. The van der Waals surface area contributed by atoms with E-state index in [1.807, 2.05) is 122 Å².